The molecule has 12 heteroatoms. The summed E-state index contributed by atoms with van der Waals surface area (Å²) in [5.74, 6) is -1.24. The molecule has 10 nitrogen and oxygen atoms in total. The SMILES string of the molecule is CCOC(=O)c1c(NC(=O)CN(c2ccccc2)S(=O)(=O)c2ccccc2[N+](=O)[O-])sc2c1CCCC2. The van der Waals surface area contributed by atoms with Crippen LogP contribution in [0.15, 0.2) is 59.5 Å². The zero-order valence-electron chi connectivity index (χ0n) is 20.0. The number of carbonyl (C=O) groups excluding carboxylic acids is 2. The number of sulfonamides is 1. The van der Waals surface area contributed by atoms with Gasteiger partial charge in [-0.1, -0.05) is 30.3 Å². The van der Waals surface area contributed by atoms with Crippen LogP contribution in [0.1, 0.15) is 40.6 Å². The number of rotatable bonds is 9. The van der Waals surface area contributed by atoms with Gasteiger partial charge in [-0.2, -0.15) is 0 Å². The number of hydrogen-bond donors (Lipinski definition) is 1. The third-order valence-corrected chi connectivity index (χ3v) is 8.89. The van der Waals surface area contributed by atoms with E-state index in [9.17, 15) is 28.1 Å². The molecule has 1 amide bonds. The third kappa shape index (κ3) is 5.49. The molecule has 2 aromatic carbocycles. The number of nitrogens with zero attached hydrogens (tertiary/aromatic N) is 2. The van der Waals surface area contributed by atoms with Gasteiger partial charge in [0.2, 0.25) is 5.91 Å². The van der Waals surface area contributed by atoms with Gasteiger partial charge >= 0.3 is 5.97 Å². The molecule has 3 aromatic rings. The normalized spacial score (nSPS) is 12.9. The summed E-state index contributed by atoms with van der Waals surface area (Å²) in [5, 5.41) is 14.6. The van der Waals surface area contributed by atoms with E-state index in [-0.39, 0.29) is 12.3 Å². The van der Waals surface area contributed by atoms with Gasteiger partial charge in [0.05, 0.1) is 22.8 Å². The molecular formula is C25H25N3O7S2. The van der Waals surface area contributed by atoms with E-state index >= 15 is 0 Å². The predicted molar refractivity (Wildman–Crippen MR) is 140 cm³/mol. The summed E-state index contributed by atoms with van der Waals surface area (Å²) in [7, 11) is -4.51. The highest BCUT2D eigenvalue weighted by atomic mass is 32.2. The van der Waals surface area contributed by atoms with Crippen LogP contribution in [0.3, 0.4) is 0 Å². The van der Waals surface area contributed by atoms with Crippen LogP contribution in [-0.4, -0.2) is 38.4 Å². The highest BCUT2D eigenvalue weighted by Gasteiger charge is 2.34. The van der Waals surface area contributed by atoms with Gasteiger partial charge in [0, 0.05) is 10.9 Å². The fourth-order valence-electron chi connectivity index (χ4n) is 4.22. The minimum absolute atomic E-state index is 0.159. The number of esters is 1. The number of aryl methyl sites for hydroxylation is 1. The van der Waals surface area contributed by atoms with Gasteiger partial charge in [-0.3, -0.25) is 19.2 Å². The summed E-state index contributed by atoms with van der Waals surface area (Å²) in [4.78, 5) is 37.2. The molecule has 0 atom stereocenters. The van der Waals surface area contributed by atoms with Crippen molar-refractivity contribution < 1.29 is 27.7 Å². The standard InChI is InChI=1S/C25H25N3O7S2/c1-2-35-25(30)23-18-12-6-8-14-20(18)36-24(23)26-22(29)16-27(17-10-4-3-5-11-17)37(33,34)21-15-9-7-13-19(21)28(31)32/h3-5,7,9-11,13,15H,2,6,8,12,14,16H2,1H3,(H,26,29). The van der Waals surface area contributed by atoms with Crippen LogP contribution < -0.4 is 9.62 Å². The van der Waals surface area contributed by atoms with Gasteiger partial charge in [-0.05, 0) is 56.4 Å². The molecule has 1 aliphatic rings. The summed E-state index contributed by atoms with van der Waals surface area (Å²) in [6, 6.07) is 12.8. The lowest BCUT2D eigenvalue weighted by Crippen LogP contribution is -2.38. The van der Waals surface area contributed by atoms with Crippen LogP contribution in [0.5, 0.6) is 0 Å². The number of nitro groups is 1. The molecule has 4 rings (SSSR count). The van der Waals surface area contributed by atoms with Gasteiger partial charge in [0.15, 0.2) is 4.90 Å². The van der Waals surface area contributed by atoms with Crippen molar-refractivity contribution in [1.29, 1.82) is 0 Å². The van der Waals surface area contributed by atoms with Gasteiger partial charge in [0.25, 0.3) is 15.7 Å². The molecule has 0 unspecified atom stereocenters. The van der Waals surface area contributed by atoms with E-state index in [1.54, 1.807) is 25.1 Å². The number of carbonyl (C=O) groups is 2. The largest absolute Gasteiger partial charge is 0.462 e. The van der Waals surface area contributed by atoms with E-state index in [2.05, 4.69) is 5.32 Å². The van der Waals surface area contributed by atoms with E-state index < -0.39 is 44.0 Å². The van der Waals surface area contributed by atoms with Crippen LogP contribution in [0, 0.1) is 10.1 Å². The van der Waals surface area contributed by atoms with Crippen LogP contribution in [-0.2, 0) is 32.4 Å². The number of ether oxygens (including phenoxy) is 1. The topological polar surface area (TPSA) is 136 Å². The lowest BCUT2D eigenvalue weighted by Gasteiger charge is -2.24. The zero-order valence-corrected chi connectivity index (χ0v) is 21.6. The number of thiophene rings is 1. The molecule has 1 heterocycles. The fraction of sp³-hybridized carbons (Fsp3) is 0.280. The molecule has 0 bridgehead atoms. The molecule has 194 valence electrons. The van der Waals surface area contributed by atoms with Crippen molar-refractivity contribution in [1.82, 2.24) is 0 Å². The number of nitrogens with one attached hydrogen (secondary N) is 1. The van der Waals surface area contributed by atoms with E-state index in [0.29, 0.717) is 17.0 Å². The first-order chi connectivity index (χ1) is 17.7. The maximum absolute atomic E-state index is 13.6. The second-order valence-electron chi connectivity index (χ2n) is 8.26. The molecule has 0 saturated carbocycles. The van der Waals surface area contributed by atoms with Crippen molar-refractivity contribution in [2.24, 2.45) is 0 Å². The van der Waals surface area contributed by atoms with Gasteiger partial charge in [0.1, 0.15) is 11.5 Å². The first kappa shape index (κ1) is 26.3. The summed E-state index contributed by atoms with van der Waals surface area (Å²) in [6.45, 7) is 1.20. The molecule has 0 spiro atoms. The minimum Gasteiger partial charge on any atom is -0.462 e. The van der Waals surface area contributed by atoms with Gasteiger partial charge in [-0.15, -0.1) is 11.3 Å². The number of amides is 1. The smallest absolute Gasteiger partial charge is 0.341 e. The van der Waals surface area contributed by atoms with E-state index in [1.807, 2.05) is 0 Å². The Labute approximate surface area is 218 Å². The van der Waals surface area contributed by atoms with Crippen molar-refractivity contribution in [2.45, 2.75) is 37.5 Å². The van der Waals surface area contributed by atoms with Gasteiger partial charge < -0.3 is 10.1 Å². The maximum atomic E-state index is 13.6. The Morgan fingerprint density at radius 3 is 2.46 bits per heavy atom. The Hall–Kier alpha value is -3.77. The van der Waals surface area contributed by atoms with Crippen LogP contribution >= 0.6 is 11.3 Å². The number of benzene rings is 2. The van der Waals surface area contributed by atoms with E-state index in [1.165, 1.54) is 35.6 Å². The Morgan fingerprint density at radius 1 is 1.08 bits per heavy atom. The number of hydrogen-bond acceptors (Lipinski definition) is 8. The Bertz CT molecular complexity index is 1440. The minimum atomic E-state index is -4.51. The summed E-state index contributed by atoms with van der Waals surface area (Å²) >= 11 is 1.29. The first-order valence-electron chi connectivity index (χ1n) is 11.7. The number of fused-ring (bicyclic) bond motifs is 1. The Kier molecular flexibility index (Phi) is 7.89. The monoisotopic (exact) mass is 543 g/mol. The Balaban J connectivity index is 1.70. The fourth-order valence-corrected chi connectivity index (χ4v) is 7.10. The molecule has 1 aromatic heterocycles. The molecular weight excluding hydrogens is 518 g/mol. The molecule has 37 heavy (non-hydrogen) atoms. The number of anilines is 2. The average Bonchev–Trinajstić information content (AvgIpc) is 3.25. The second-order valence-corrected chi connectivity index (χ2v) is 11.2. The lowest BCUT2D eigenvalue weighted by atomic mass is 9.95. The molecule has 1 aliphatic carbocycles. The number of nitro benzene ring substituents is 1. The average molecular weight is 544 g/mol. The molecule has 0 radical (unpaired) electrons. The molecule has 1 N–H and O–H groups in total. The van der Waals surface area contributed by atoms with E-state index in [4.69, 9.17) is 4.74 Å². The maximum Gasteiger partial charge on any atom is 0.341 e. The van der Waals surface area contributed by atoms with Crippen molar-refractivity contribution in [3.63, 3.8) is 0 Å². The predicted octanol–water partition coefficient (Wildman–Crippen LogP) is 4.55. The molecule has 0 saturated heterocycles. The van der Waals surface area contributed by atoms with Crippen LogP contribution in [0.4, 0.5) is 16.4 Å². The van der Waals surface area contributed by atoms with Crippen molar-refractivity contribution in [3.05, 3.63) is 80.7 Å². The van der Waals surface area contributed by atoms with Crippen molar-refractivity contribution in [3.8, 4) is 0 Å². The van der Waals surface area contributed by atoms with Crippen LogP contribution in [0.25, 0.3) is 0 Å². The lowest BCUT2D eigenvalue weighted by molar-refractivity contribution is -0.387. The number of para-hydroxylation sites is 2. The molecule has 0 aliphatic heterocycles. The van der Waals surface area contributed by atoms with Gasteiger partial charge in [-0.25, -0.2) is 13.2 Å². The quantitative estimate of drug-likeness (QED) is 0.238. The highest BCUT2D eigenvalue weighted by molar-refractivity contribution is 7.93. The second kappa shape index (κ2) is 11.1. The summed E-state index contributed by atoms with van der Waals surface area (Å²) in [5.41, 5.74) is 0.728. The summed E-state index contributed by atoms with van der Waals surface area (Å²) < 4.78 is 33.3. The molecule has 0 fully saturated rings. The van der Waals surface area contributed by atoms with Crippen molar-refractivity contribution in [2.75, 3.05) is 22.8 Å². The van der Waals surface area contributed by atoms with Crippen molar-refractivity contribution >= 4 is 49.6 Å². The Morgan fingerprint density at radius 2 is 1.76 bits per heavy atom. The summed E-state index contributed by atoms with van der Waals surface area (Å²) in [6.07, 6.45) is 3.36. The zero-order chi connectivity index (χ0) is 26.6. The first-order valence-corrected chi connectivity index (χ1v) is 13.9. The highest BCUT2D eigenvalue weighted by Crippen LogP contribution is 2.39. The van der Waals surface area contributed by atoms with Crippen LogP contribution in [0.2, 0.25) is 0 Å². The van der Waals surface area contributed by atoms with E-state index in [0.717, 1.165) is 46.1 Å². The third-order valence-electron chi connectivity index (χ3n) is 5.87.